The summed E-state index contributed by atoms with van der Waals surface area (Å²) < 4.78 is 38.7. The van der Waals surface area contributed by atoms with Crippen LogP contribution in [0.15, 0.2) is 24.5 Å². The minimum Gasteiger partial charge on any atom is -0.313 e. The van der Waals surface area contributed by atoms with E-state index in [-0.39, 0.29) is 0 Å². The van der Waals surface area contributed by atoms with Crippen LogP contribution >= 0.6 is 0 Å². The van der Waals surface area contributed by atoms with Crippen molar-refractivity contribution in [3.8, 4) is 5.82 Å². The van der Waals surface area contributed by atoms with Gasteiger partial charge in [0.1, 0.15) is 0 Å². The van der Waals surface area contributed by atoms with Crippen molar-refractivity contribution in [2.24, 2.45) is 0 Å². The Morgan fingerprint density at radius 3 is 2.65 bits per heavy atom. The number of aromatic nitrogens is 3. The molecule has 2 rings (SSSR count). The molecule has 0 aliphatic rings. The van der Waals surface area contributed by atoms with Crippen LogP contribution < -0.4 is 5.32 Å². The number of hydrogen-bond acceptors (Lipinski definition) is 3. The van der Waals surface area contributed by atoms with E-state index in [9.17, 15) is 13.2 Å². The molecule has 4 nitrogen and oxygen atoms in total. The van der Waals surface area contributed by atoms with Crippen LogP contribution in [0.1, 0.15) is 23.7 Å². The highest BCUT2D eigenvalue weighted by Crippen LogP contribution is 2.28. The number of pyridine rings is 1. The van der Waals surface area contributed by atoms with Gasteiger partial charge in [0.15, 0.2) is 11.5 Å². The zero-order valence-corrected chi connectivity index (χ0v) is 11.2. The summed E-state index contributed by atoms with van der Waals surface area (Å²) in [6.45, 7) is 5.32. The van der Waals surface area contributed by atoms with E-state index in [0.717, 1.165) is 28.4 Å². The van der Waals surface area contributed by atoms with Crippen LogP contribution in [-0.4, -0.2) is 21.3 Å². The van der Waals surface area contributed by atoms with Gasteiger partial charge in [-0.3, -0.25) is 0 Å². The Labute approximate surface area is 114 Å². The van der Waals surface area contributed by atoms with Crippen LogP contribution in [0.5, 0.6) is 0 Å². The molecule has 0 radical (unpaired) electrons. The molecule has 0 amide bonds. The Kier molecular flexibility index (Phi) is 4.08. The Morgan fingerprint density at radius 2 is 2.10 bits per heavy atom. The van der Waals surface area contributed by atoms with Crippen molar-refractivity contribution < 1.29 is 13.2 Å². The van der Waals surface area contributed by atoms with Crippen molar-refractivity contribution in [1.29, 1.82) is 0 Å². The Balaban J connectivity index is 2.27. The van der Waals surface area contributed by atoms with Crippen LogP contribution in [0, 0.1) is 6.92 Å². The zero-order valence-electron chi connectivity index (χ0n) is 11.2. The van der Waals surface area contributed by atoms with Crippen LogP contribution in [0.25, 0.3) is 5.82 Å². The maximum Gasteiger partial charge on any atom is 0.435 e. The molecule has 0 fully saturated rings. The van der Waals surface area contributed by atoms with E-state index in [0.29, 0.717) is 12.4 Å². The van der Waals surface area contributed by atoms with Gasteiger partial charge in [-0.2, -0.15) is 18.3 Å². The van der Waals surface area contributed by atoms with Crippen LogP contribution in [0.3, 0.4) is 0 Å². The Hall–Kier alpha value is -1.89. The van der Waals surface area contributed by atoms with Crippen molar-refractivity contribution in [1.82, 2.24) is 20.1 Å². The first-order valence-corrected chi connectivity index (χ1v) is 6.21. The SMILES string of the molecule is CCNCc1cnc(-n2ccc(C(F)(F)F)n2)c(C)c1. The standard InChI is InChI=1S/C13H15F3N4/c1-3-17-7-10-6-9(2)12(18-8-10)20-5-4-11(19-20)13(14,15)16/h4-6,8,17H,3,7H2,1-2H3. The molecule has 2 aromatic heterocycles. The lowest BCUT2D eigenvalue weighted by molar-refractivity contribution is -0.141. The predicted molar refractivity (Wildman–Crippen MR) is 68.5 cm³/mol. The van der Waals surface area contributed by atoms with Crippen molar-refractivity contribution >= 4 is 0 Å². The molecule has 0 aliphatic carbocycles. The quantitative estimate of drug-likeness (QED) is 0.938. The third-order valence-electron chi connectivity index (χ3n) is 2.78. The second-order valence-electron chi connectivity index (χ2n) is 4.41. The molecule has 0 saturated carbocycles. The largest absolute Gasteiger partial charge is 0.435 e. The van der Waals surface area contributed by atoms with Crippen molar-refractivity contribution in [3.63, 3.8) is 0 Å². The summed E-state index contributed by atoms with van der Waals surface area (Å²) in [6, 6.07) is 2.83. The van der Waals surface area contributed by atoms with Gasteiger partial charge in [0.2, 0.25) is 0 Å². The first kappa shape index (κ1) is 14.5. The van der Waals surface area contributed by atoms with E-state index in [1.54, 1.807) is 13.1 Å². The van der Waals surface area contributed by atoms with Gasteiger partial charge in [0, 0.05) is 18.9 Å². The van der Waals surface area contributed by atoms with Gasteiger partial charge in [-0.05, 0) is 36.7 Å². The highest BCUT2D eigenvalue weighted by Gasteiger charge is 2.33. The summed E-state index contributed by atoms with van der Waals surface area (Å²) in [5.74, 6) is 0.403. The van der Waals surface area contributed by atoms with E-state index in [1.165, 1.54) is 6.20 Å². The topological polar surface area (TPSA) is 42.7 Å². The Bertz CT molecular complexity index is 590. The number of halogens is 3. The average Bonchev–Trinajstić information content (AvgIpc) is 2.85. The summed E-state index contributed by atoms with van der Waals surface area (Å²) >= 11 is 0. The van der Waals surface area contributed by atoms with Crippen molar-refractivity contribution in [2.45, 2.75) is 26.6 Å². The fourth-order valence-corrected chi connectivity index (χ4v) is 1.82. The van der Waals surface area contributed by atoms with Gasteiger partial charge in [0.05, 0.1) is 0 Å². The molecule has 2 aromatic rings. The summed E-state index contributed by atoms with van der Waals surface area (Å²) in [6.07, 6.45) is -1.54. The zero-order chi connectivity index (χ0) is 14.8. The number of alkyl halides is 3. The molecule has 0 aliphatic heterocycles. The first-order valence-electron chi connectivity index (χ1n) is 6.21. The summed E-state index contributed by atoms with van der Waals surface area (Å²) in [5.41, 5.74) is 0.837. The molecule has 0 saturated heterocycles. The van der Waals surface area contributed by atoms with E-state index < -0.39 is 11.9 Å². The van der Waals surface area contributed by atoms with E-state index >= 15 is 0 Å². The highest BCUT2D eigenvalue weighted by atomic mass is 19.4. The number of aryl methyl sites for hydroxylation is 1. The van der Waals surface area contributed by atoms with Gasteiger partial charge in [0.25, 0.3) is 0 Å². The summed E-state index contributed by atoms with van der Waals surface area (Å²) in [5, 5.41) is 6.68. The molecule has 20 heavy (non-hydrogen) atoms. The second kappa shape index (κ2) is 5.62. The first-order chi connectivity index (χ1) is 9.41. The summed E-state index contributed by atoms with van der Waals surface area (Å²) in [4.78, 5) is 4.19. The molecular formula is C13H15F3N4. The van der Waals surface area contributed by atoms with E-state index in [1.807, 2.05) is 13.0 Å². The lowest BCUT2D eigenvalue weighted by Gasteiger charge is -2.08. The van der Waals surface area contributed by atoms with E-state index in [4.69, 9.17) is 0 Å². The van der Waals surface area contributed by atoms with E-state index in [2.05, 4.69) is 15.4 Å². The number of rotatable bonds is 4. The molecule has 0 spiro atoms. The maximum atomic E-state index is 12.5. The lowest BCUT2D eigenvalue weighted by Crippen LogP contribution is -2.13. The molecule has 108 valence electrons. The van der Waals surface area contributed by atoms with Crippen LogP contribution in [0.4, 0.5) is 13.2 Å². The number of hydrogen-bond donors (Lipinski definition) is 1. The molecule has 0 bridgehead atoms. The average molecular weight is 284 g/mol. The predicted octanol–water partition coefficient (Wildman–Crippen LogP) is 2.70. The van der Waals surface area contributed by atoms with Crippen molar-refractivity contribution in [3.05, 3.63) is 41.3 Å². The van der Waals surface area contributed by atoms with Gasteiger partial charge in [-0.25, -0.2) is 9.67 Å². The molecule has 0 unspecified atom stereocenters. The molecule has 1 N–H and O–H groups in total. The smallest absolute Gasteiger partial charge is 0.313 e. The normalized spacial score (nSPS) is 11.8. The van der Waals surface area contributed by atoms with Gasteiger partial charge >= 0.3 is 6.18 Å². The fraction of sp³-hybridized carbons (Fsp3) is 0.385. The van der Waals surface area contributed by atoms with Crippen molar-refractivity contribution in [2.75, 3.05) is 6.54 Å². The van der Waals surface area contributed by atoms with Gasteiger partial charge < -0.3 is 5.32 Å². The monoisotopic (exact) mass is 284 g/mol. The third-order valence-corrected chi connectivity index (χ3v) is 2.78. The molecule has 2 heterocycles. The minimum atomic E-state index is -4.44. The van der Waals surface area contributed by atoms with Crippen LogP contribution in [-0.2, 0) is 12.7 Å². The molecule has 0 atom stereocenters. The minimum absolute atomic E-state index is 0.403. The third kappa shape index (κ3) is 3.16. The highest BCUT2D eigenvalue weighted by molar-refractivity contribution is 5.35. The number of nitrogens with zero attached hydrogens (tertiary/aromatic N) is 3. The fourth-order valence-electron chi connectivity index (χ4n) is 1.82. The van der Waals surface area contributed by atoms with Crippen LogP contribution in [0.2, 0.25) is 0 Å². The van der Waals surface area contributed by atoms with Gasteiger partial charge in [-0.1, -0.05) is 6.92 Å². The molecule has 7 heteroatoms. The maximum absolute atomic E-state index is 12.5. The lowest BCUT2D eigenvalue weighted by atomic mass is 10.2. The van der Waals surface area contributed by atoms with Gasteiger partial charge in [-0.15, -0.1) is 0 Å². The molecule has 0 aromatic carbocycles. The second-order valence-corrected chi connectivity index (χ2v) is 4.41. The Morgan fingerprint density at radius 1 is 1.35 bits per heavy atom. The number of nitrogens with one attached hydrogen (secondary N) is 1. The molecular weight excluding hydrogens is 269 g/mol. The summed E-state index contributed by atoms with van der Waals surface area (Å²) in [7, 11) is 0.